The van der Waals surface area contributed by atoms with Crippen LogP contribution in [0.4, 0.5) is 0 Å². The summed E-state index contributed by atoms with van der Waals surface area (Å²) in [5.41, 5.74) is 0.733. The van der Waals surface area contributed by atoms with Crippen LogP contribution in [0.3, 0.4) is 0 Å². The molecule has 2 heterocycles. The first-order valence-corrected chi connectivity index (χ1v) is 6.47. The maximum atomic E-state index is 10.1. The van der Waals surface area contributed by atoms with Gasteiger partial charge in [0.2, 0.25) is 0 Å². The van der Waals surface area contributed by atoms with Gasteiger partial charge < -0.3 is 20.3 Å². The number of ether oxygens (including phenoxy) is 1. The second-order valence-electron chi connectivity index (χ2n) is 4.50. The number of thioether (sulfide) groups is 1. The Kier molecular flexibility index (Phi) is 3.77. The molecule has 0 amide bonds. The van der Waals surface area contributed by atoms with E-state index in [1.54, 1.807) is 7.05 Å². The second kappa shape index (κ2) is 4.97. The van der Waals surface area contributed by atoms with Gasteiger partial charge in [-0.25, -0.2) is 0 Å². The topological polar surface area (TPSA) is 74.1 Å². The molecule has 0 radical (unpaired) electrons. The third kappa shape index (κ3) is 2.49. The molecule has 0 aliphatic carbocycles. The van der Waals surface area contributed by atoms with Crippen LogP contribution in [0, 0.1) is 0 Å². The highest BCUT2D eigenvalue weighted by atomic mass is 32.2. The summed E-state index contributed by atoms with van der Waals surface area (Å²) < 4.78 is 5.78. The molecule has 0 saturated carbocycles. The van der Waals surface area contributed by atoms with Crippen molar-refractivity contribution in [1.29, 1.82) is 0 Å². The predicted molar refractivity (Wildman–Crippen MR) is 68.0 cm³/mol. The van der Waals surface area contributed by atoms with Gasteiger partial charge in [-0.05, 0) is 13.3 Å². The van der Waals surface area contributed by atoms with Crippen LogP contribution in [0.5, 0.6) is 0 Å². The molecule has 2 aliphatic rings. The highest BCUT2D eigenvalue weighted by Crippen LogP contribution is 2.35. The number of amidine groups is 1. The van der Waals surface area contributed by atoms with E-state index in [0.29, 0.717) is 6.42 Å². The Morgan fingerprint density at radius 2 is 2.24 bits per heavy atom. The quantitative estimate of drug-likeness (QED) is 0.612. The Bertz CT molecular complexity index is 348. The summed E-state index contributed by atoms with van der Waals surface area (Å²) >= 11 is 1.45. The average molecular weight is 258 g/mol. The molecule has 0 spiro atoms. The Morgan fingerprint density at radius 1 is 1.53 bits per heavy atom. The molecule has 2 fully saturated rings. The van der Waals surface area contributed by atoms with Crippen LogP contribution in [-0.4, -0.2) is 52.2 Å². The molecule has 5 atom stereocenters. The molecule has 96 valence electrons. The number of nitrogens with zero attached hydrogens (tertiary/aromatic N) is 1. The maximum Gasteiger partial charge on any atom is 0.159 e. The van der Waals surface area contributed by atoms with E-state index >= 15 is 0 Å². The van der Waals surface area contributed by atoms with Crippen molar-refractivity contribution in [3.8, 4) is 0 Å². The molecular weight excluding hydrogens is 240 g/mol. The molecular formula is C11H18N2O3S. The van der Waals surface area contributed by atoms with Crippen molar-refractivity contribution in [1.82, 2.24) is 5.32 Å². The minimum Gasteiger partial charge on any atom is -0.388 e. The summed E-state index contributed by atoms with van der Waals surface area (Å²) in [4.78, 5) is 4.04. The molecule has 0 bridgehead atoms. The number of aliphatic imine (C=N–C) groups is 1. The first kappa shape index (κ1) is 12.9. The highest BCUT2D eigenvalue weighted by Gasteiger charge is 2.48. The number of hydrogen-bond donors (Lipinski definition) is 3. The third-order valence-electron chi connectivity index (χ3n) is 2.97. The predicted octanol–water partition coefficient (Wildman–Crippen LogP) is 0.0901. The summed E-state index contributed by atoms with van der Waals surface area (Å²) in [6.45, 7) is 5.69. The summed E-state index contributed by atoms with van der Waals surface area (Å²) in [6.07, 6.45) is -1.57. The summed E-state index contributed by atoms with van der Waals surface area (Å²) in [5.74, 6) is 0. The number of aliphatic hydroxyl groups is 2. The second-order valence-corrected chi connectivity index (χ2v) is 5.59. The number of hydrogen-bond acceptors (Lipinski definition) is 5. The lowest BCUT2D eigenvalue weighted by molar-refractivity contribution is -0.154. The van der Waals surface area contributed by atoms with Gasteiger partial charge in [0.05, 0.1) is 12.1 Å². The van der Waals surface area contributed by atoms with Crippen molar-refractivity contribution < 1.29 is 14.9 Å². The standard InChI is InChI=1S/C11H18N2O3S/c1-5(2)4-6-8(14)9(15)7-10(16-6)17-11(12-3)13-7/h6-10,14-15H,1,4H2,2-3H3,(H,12,13)/t6-,7-,8-,9-,10-/m1/s1. The average Bonchev–Trinajstić information content (AvgIpc) is 2.68. The van der Waals surface area contributed by atoms with E-state index in [9.17, 15) is 10.2 Å². The molecule has 0 aromatic carbocycles. The van der Waals surface area contributed by atoms with Crippen LogP contribution in [0.15, 0.2) is 17.1 Å². The van der Waals surface area contributed by atoms with Crippen LogP contribution >= 0.6 is 11.8 Å². The Morgan fingerprint density at radius 3 is 2.82 bits per heavy atom. The van der Waals surface area contributed by atoms with Gasteiger partial charge in [0.25, 0.3) is 0 Å². The van der Waals surface area contributed by atoms with Gasteiger partial charge in [-0.15, -0.1) is 6.58 Å². The summed E-state index contributed by atoms with van der Waals surface area (Å²) in [6, 6.07) is -0.296. The van der Waals surface area contributed by atoms with E-state index < -0.39 is 18.3 Å². The van der Waals surface area contributed by atoms with Crippen molar-refractivity contribution in [2.75, 3.05) is 7.05 Å². The van der Waals surface area contributed by atoms with Crippen molar-refractivity contribution >= 4 is 16.9 Å². The van der Waals surface area contributed by atoms with E-state index in [0.717, 1.165) is 10.7 Å². The largest absolute Gasteiger partial charge is 0.388 e. The first-order chi connectivity index (χ1) is 8.02. The van der Waals surface area contributed by atoms with Gasteiger partial charge in [-0.2, -0.15) is 0 Å². The smallest absolute Gasteiger partial charge is 0.159 e. The van der Waals surface area contributed by atoms with Gasteiger partial charge in [0, 0.05) is 7.05 Å². The first-order valence-electron chi connectivity index (χ1n) is 5.59. The van der Waals surface area contributed by atoms with Crippen LogP contribution < -0.4 is 5.32 Å². The Labute approximate surface area is 105 Å². The molecule has 2 aliphatic heterocycles. The van der Waals surface area contributed by atoms with E-state index in [1.165, 1.54) is 11.8 Å². The number of rotatable bonds is 2. The van der Waals surface area contributed by atoms with Crippen LogP contribution in [-0.2, 0) is 4.74 Å². The fraction of sp³-hybridized carbons (Fsp3) is 0.727. The number of fused-ring (bicyclic) bond motifs is 1. The van der Waals surface area contributed by atoms with Crippen molar-refractivity contribution in [3.63, 3.8) is 0 Å². The molecule has 6 heteroatoms. The zero-order chi connectivity index (χ0) is 12.6. The normalized spacial score (nSPS) is 43.3. The lowest BCUT2D eigenvalue weighted by atomic mass is 9.94. The molecule has 5 nitrogen and oxygen atoms in total. The molecule has 17 heavy (non-hydrogen) atoms. The summed E-state index contributed by atoms with van der Waals surface area (Å²) in [7, 11) is 1.68. The maximum absolute atomic E-state index is 10.1. The van der Waals surface area contributed by atoms with E-state index in [4.69, 9.17) is 4.74 Å². The molecule has 0 aromatic heterocycles. The molecule has 2 saturated heterocycles. The van der Waals surface area contributed by atoms with Crippen molar-refractivity contribution in [3.05, 3.63) is 12.2 Å². The van der Waals surface area contributed by atoms with Gasteiger partial charge in [0.15, 0.2) is 5.17 Å². The SMILES string of the molecule is C=C(C)C[C@H]1O[C@@H]2SC(=NC)N[C@@H]2[C@@H](O)[C@@H]1O. The molecule has 0 aromatic rings. The fourth-order valence-electron chi connectivity index (χ4n) is 2.10. The number of nitrogens with one attached hydrogen (secondary N) is 1. The van der Waals surface area contributed by atoms with E-state index in [1.807, 2.05) is 6.92 Å². The van der Waals surface area contributed by atoms with Gasteiger partial charge in [0.1, 0.15) is 17.6 Å². The van der Waals surface area contributed by atoms with Crippen LogP contribution in [0.25, 0.3) is 0 Å². The minimum atomic E-state index is -0.891. The van der Waals surface area contributed by atoms with Gasteiger partial charge in [-0.1, -0.05) is 17.3 Å². The molecule has 2 rings (SSSR count). The fourth-order valence-corrected chi connectivity index (χ4v) is 3.20. The lowest BCUT2D eigenvalue weighted by Gasteiger charge is -2.39. The third-order valence-corrected chi connectivity index (χ3v) is 4.13. The zero-order valence-electron chi connectivity index (χ0n) is 9.96. The van der Waals surface area contributed by atoms with Crippen LogP contribution in [0.2, 0.25) is 0 Å². The van der Waals surface area contributed by atoms with Gasteiger partial charge in [-0.3, -0.25) is 4.99 Å². The molecule has 3 N–H and O–H groups in total. The van der Waals surface area contributed by atoms with Crippen molar-refractivity contribution in [2.45, 2.75) is 43.1 Å². The van der Waals surface area contributed by atoms with E-state index in [2.05, 4.69) is 16.9 Å². The minimum absolute atomic E-state index is 0.198. The Balaban J connectivity index is 2.10. The van der Waals surface area contributed by atoms with Crippen molar-refractivity contribution in [2.24, 2.45) is 4.99 Å². The lowest BCUT2D eigenvalue weighted by Crippen LogP contribution is -2.58. The zero-order valence-corrected chi connectivity index (χ0v) is 10.8. The molecule has 0 unspecified atom stereocenters. The summed E-state index contributed by atoms with van der Waals surface area (Å²) in [5, 5.41) is 23.8. The van der Waals surface area contributed by atoms with E-state index in [-0.39, 0.29) is 11.5 Å². The Hall–Kier alpha value is -0.560. The number of aliphatic hydroxyl groups excluding tert-OH is 2. The monoisotopic (exact) mass is 258 g/mol. The highest BCUT2D eigenvalue weighted by molar-refractivity contribution is 8.14. The van der Waals surface area contributed by atoms with Crippen LogP contribution in [0.1, 0.15) is 13.3 Å². The van der Waals surface area contributed by atoms with Gasteiger partial charge >= 0.3 is 0 Å².